The van der Waals surface area contributed by atoms with Crippen LogP contribution in [0.25, 0.3) is 0 Å². The summed E-state index contributed by atoms with van der Waals surface area (Å²) in [6.45, 7) is 3.03. The first-order valence-electron chi connectivity index (χ1n) is 8.96. The summed E-state index contributed by atoms with van der Waals surface area (Å²) in [5, 5.41) is 4.66. The molecule has 0 bridgehead atoms. The first-order chi connectivity index (χ1) is 13.0. The molecule has 6 nitrogen and oxygen atoms in total. The molecule has 0 atom stereocenters. The van der Waals surface area contributed by atoms with E-state index in [0.29, 0.717) is 44.7 Å². The van der Waals surface area contributed by atoms with Crippen molar-refractivity contribution in [1.29, 1.82) is 0 Å². The van der Waals surface area contributed by atoms with E-state index < -0.39 is 10.0 Å². The molecule has 27 heavy (non-hydrogen) atoms. The van der Waals surface area contributed by atoms with Gasteiger partial charge in [-0.3, -0.25) is 4.79 Å². The highest BCUT2D eigenvalue weighted by Gasteiger charge is 2.32. The summed E-state index contributed by atoms with van der Waals surface area (Å²) in [6, 6.07) is 10.3. The molecular weight excluding hydrogens is 384 g/mol. The van der Waals surface area contributed by atoms with Gasteiger partial charge in [0.25, 0.3) is 0 Å². The molecule has 1 aliphatic heterocycles. The zero-order valence-electron chi connectivity index (χ0n) is 15.3. The molecule has 0 aliphatic carbocycles. The maximum Gasteiger partial charge on any atom is 0.243 e. The van der Waals surface area contributed by atoms with Gasteiger partial charge in [0.1, 0.15) is 0 Å². The minimum absolute atomic E-state index is 0.0567. The quantitative estimate of drug-likeness (QED) is 0.764. The average Bonchev–Trinajstić information content (AvgIpc) is 3.16. The van der Waals surface area contributed by atoms with Crippen LogP contribution in [0.2, 0.25) is 0 Å². The Bertz CT molecular complexity index is 842. The molecule has 2 aromatic rings. The molecule has 0 saturated carbocycles. The molecular formula is C19H24N2O4S2. The van der Waals surface area contributed by atoms with Crippen LogP contribution in [0.5, 0.6) is 0 Å². The number of thiophene rings is 1. The lowest BCUT2D eigenvalue weighted by Crippen LogP contribution is -2.44. The van der Waals surface area contributed by atoms with Gasteiger partial charge in [0, 0.05) is 43.3 Å². The highest BCUT2D eigenvalue weighted by molar-refractivity contribution is 7.89. The predicted octanol–water partition coefficient (Wildman–Crippen LogP) is 3.12. The van der Waals surface area contributed by atoms with Crippen molar-refractivity contribution >= 4 is 33.0 Å². The Labute approximate surface area is 164 Å². The number of carbonyl (C=O) groups is 1. The minimum atomic E-state index is -3.63. The predicted molar refractivity (Wildman–Crippen MR) is 107 cm³/mol. The van der Waals surface area contributed by atoms with Gasteiger partial charge < -0.3 is 10.1 Å². The monoisotopic (exact) mass is 408 g/mol. The number of amides is 1. The fraction of sp³-hybridized carbons (Fsp3) is 0.421. The second kappa shape index (κ2) is 8.97. The maximum absolute atomic E-state index is 13.3. The first kappa shape index (κ1) is 20.0. The Kier molecular flexibility index (Phi) is 6.64. The van der Waals surface area contributed by atoms with Crippen LogP contribution in [-0.4, -0.2) is 44.4 Å². The van der Waals surface area contributed by atoms with Crippen molar-refractivity contribution in [3.8, 4) is 0 Å². The van der Waals surface area contributed by atoms with Gasteiger partial charge in [0.2, 0.25) is 15.9 Å². The van der Waals surface area contributed by atoms with Gasteiger partial charge in [0.05, 0.1) is 4.90 Å². The van der Waals surface area contributed by atoms with Gasteiger partial charge in [-0.1, -0.05) is 6.07 Å². The summed E-state index contributed by atoms with van der Waals surface area (Å²) >= 11 is 1.64. The summed E-state index contributed by atoms with van der Waals surface area (Å²) < 4.78 is 33.7. The van der Waals surface area contributed by atoms with Crippen LogP contribution in [0.15, 0.2) is 46.7 Å². The SMILES string of the molecule is CC(=O)Nc1ccc(S(=O)(=O)N(CCc2cccs2)C2CCOCC2)cc1. The number of ether oxygens (including phenoxy) is 1. The van der Waals surface area contributed by atoms with E-state index in [4.69, 9.17) is 4.74 Å². The molecule has 0 radical (unpaired) electrons. The number of anilines is 1. The second-order valence-corrected chi connectivity index (χ2v) is 9.42. The third-order valence-corrected chi connectivity index (χ3v) is 7.44. The van der Waals surface area contributed by atoms with Gasteiger partial charge in [-0.05, 0) is 55.0 Å². The summed E-state index contributed by atoms with van der Waals surface area (Å²) in [5.41, 5.74) is 0.581. The van der Waals surface area contributed by atoms with Gasteiger partial charge in [-0.2, -0.15) is 4.31 Å². The Hall–Kier alpha value is -1.74. The van der Waals surface area contributed by atoms with Gasteiger partial charge in [-0.25, -0.2) is 8.42 Å². The Morgan fingerprint density at radius 2 is 1.93 bits per heavy atom. The number of hydrogen-bond acceptors (Lipinski definition) is 5. The second-order valence-electron chi connectivity index (χ2n) is 6.49. The third-order valence-electron chi connectivity index (χ3n) is 4.54. The third kappa shape index (κ3) is 5.16. The van der Waals surface area contributed by atoms with Crippen molar-refractivity contribution in [2.45, 2.75) is 37.1 Å². The summed E-state index contributed by atoms with van der Waals surface area (Å²) in [6.07, 6.45) is 2.10. The Balaban J connectivity index is 1.82. The lowest BCUT2D eigenvalue weighted by molar-refractivity contribution is -0.114. The van der Waals surface area contributed by atoms with E-state index in [0.717, 1.165) is 0 Å². The number of hydrogen-bond donors (Lipinski definition) is 1. The topological polar surface area (TPSA) is 75.7 Å². The molecule has 1 amide bonds. The average molecular weight is 409 g/mol. The van der Waals surface area contributed by atoms with E-state index in [1.807, 2.05) is 17.5 Å². The van der Waals surface area contributed by atoms with E-state index in [-0.39, 0.29) is 16.8 Å². The van der Waals surface area contributed by atoms with Crippen LogP contribution < -0.4 is 5.32 Å². The molecule has 3 rings (SSSR count). The molecule has 2 heterocycles. The smallest absolute Gasteiger partial charge is 0.243 e. The van der Waals surface area contributed by atoms with Crippen molar-refractivity contribution < 1.29 is 17.9 Å². The molecule has 0 unspecified atom stereocenters. The molecule has 1 N–H and O–H groups in total. The zero-order chi connectivity index (χ0) is 19.3. The van der Waals surface area contributed by atoms with Crippen LogP contribution in [0, 0.1) is 0 Å². The standard InChI is InChI=1S/C19H24N2O4S2/c1-15(22)20-16-4-6-19(7-5-16)27(23,24)21(17-9-12-25-13-10-17)11-8-18-3-2-14-26-18/h2-7,14,17H,8-13H2,1H3,(H,20,22). The van der Waals surface area contributed by atoms with E-state index >= 15 is 0 Å². The van der Waals surface area contributed by atoms with Gasteiger partial charge in [0.15, 0.2) is 0 Å². The molecule has 1 fully saturated rings. The molecule has 1 aromatic heterocycles. The largest absolute Gasteiger partial charge is 0.381 e. The van der Waals surface area contributed by atoms with Gasteiger partial charge in [-0.15, -0.1) is 11.3 Å². The number of sulfonamides is 1. The summed E-state index contributed by atoms with van der Waals surface area (Å²) in [7, 11) is -3.63. The van der Waals surface area contributed by atoms with Gasteiger partial charge >= 0.3 is 0 Å². The highest BCUT2D eigenvalue weighted by Crippen LogP contribution is 2.25. The van der Waals surface area contributed by atoms with Crippen molar-refractivity contribution in [2.75, 3.05) is 25.1 Å². The first-order valence-corrected chi connectivity index (χ1v) is 11.3. The Morgan fingerprint density at radius 1 is 1.22 bits per heavy atom. The van der Waals surface area contributed by atoms with E-state index in [1.54, 1.807) is 39.9 Å². The van der Waals surface area contributed by atoms with Crippen molar-refractivity contribution in [1.82, 2.24) is 4.31 Å². The molecule has 0 spiro atoms. The normalized spacial score (nSPS) is 15.8. The van der Waals surface area contributed by atoms with E-state index in [9.17, 15) is 13.2 Å². The molecule has 1 aliphatic rings. The molecule has 8 heteroatoms. The molecule has 1 aromatic carbocycles. The van der Waals surface area contributed by atoms with Crippen LogP contribution in [0.1, 0.15) is 24.6 Å². The summed E-state index contributed by atoms with van der Waals surface area (Å²) in [4.78, 5) is 12.6. The lowest BCUT2D eigenvalue weighted by atomic mass is 10.1. The number of nitrogens with zero attached hydrogens (tertiary/aromatic N) is 1. The molecule has 1 saturated heterocycles. The van der Waals surface area contributed by atoms with Crippen molar-refractivity contribution in [3.63, 3.8) is 0 Å². The fourth-order valence-corrected chi connectivity index (χ4v) is 5.58. The number of benzene rings is 1. The van der Waals surface area contributed by atoms with E-state index in [1.165, 1.54) is 11.8 Å². The van der Waals surface area contributed by atoms with Crippen LogP contribution in [0.3, 0.4) is 0 Å². The zero-order valence-corrected chi connectivity index (χ0v) is 16.9. The minimum Gasteiger partial charge on any atom is -0.381 e. The highest BCUT2D eigenvalue weighted by atomic mass is 32.2. The Morgan fingerprint density at radius 3 is 2.52 bits per heavy atom. The van der Waals surface area contributed by atoms with Crippen LogP contribution >= 0.6 is 11.3 Å². The maximum atomic E-state index is 13.3. The fourth-order valence-electron chi connectivity index (χ4n) is 3.20. The van der Waals surface area contributed by atoms with Crippen molar-refractivity contribution in [3.05, 3.63) is 46.7 Å². The van der Waals surface area contributed by atoms with Crippen LogP contribution in [-0.2, 0) is 26.0 Å². The van der Waals surface area contributed by atoms with Crippen LogP contribution in [0.4, 0.5) is 5.69 Å². The van der Waals surface area contributed by atoms with E-state index in [2.05, 4.69) is 5.32 Å². The summed E-state index contributed by atoms with van der Waals surface area (Å²) in [5.74, 6) is -0.189. The molecule has 146 valence electrons. The van der Waals surface area contributed by atoms with Crippen molar-refractivity contribution in [2.24, 2.45) is 0 Å². The number of rotatable bonds is 7. The number of carbonyl (C=O) groups excluding carboxylic acids is 1. The number of nitrogens with one attached hydrogen (secondary N) is 1. The lowest BCUT2D eigenvalue weighted by Gasteiger charge is -2.33.